The summed E-state index contributed by atoms with van der Waals surface area (Å²) in [4.78, 5) is 30.3. The number of benzene rings is 2. The van der Waals surface area contributed by atoms with Crippen molar-refractivity contribution in [1.29, 1.82) is 0 Å². The van der Waals surface area contributed by atoms with Gasteiger partial charge in [-0.2, -0.15) is 0 Å². The number of halogens is 1. The van der Waals surface area contributed by atoms with Gasteiger partial charge in [-0.3, -0.25) is 19.9 Å². The maximum Gasteiger partial charge on any atom is 0.273 e. The van der Waals surface area contributed by atoms with Crippen molar-refractivity contribution < 1.29 is 18.8 Å². The Balaban J connectivity index is 1.51. The molecule has 3 heterocycles. The molecule has 2 aromatic heterocycles. The minimum atomic E-state index is -0.508. The molecule has 0 unspecified atom stereocenters. The number of amides is 1. The van der Waals surface area contributed by atoms with Crippen LogP contribution in [0.5, 0.6) is 5.75 Å². The standard InChI is InChI=1S/C30H29FN6O4S/c1-18-16-21(19(2)36(18)25-12-11-20(37(39)40)17-26(25)41-3)29-28(24-10-6-7-14-32-24)34-30(42)35(29)15-13-27(38)33-23-9-5-4-8-22(23)31/h4-12,14,16-17,28-29H,13,15H2,1-3H3,(H,33,38)(H,34,42)/t28-,29-/m0/s1. The molecule has 0 saturated carbocycles. The number of pyridine rings is 1. The number of carbonyl (C=O) groups is 1. The number of non-ortho nitro benzene ring substituents is 1. The lowest BCUT2D eigenvalue weighted by atomic mass is 9.96. The van der Waals surface area contributed by atoms with Crippen LogP contribution in [0.4, 0.5) is 15.8 Å². The number of rotatable bonds is 9. The van der Waals surface area contributed by atoms with Crippen molar-refractivity contribution in [2.45, 2.75) is 32.4 Å². The smallest absolute Gasteiger partial charge is 0.273 e. The summed E-state index contributed by atoms with van der Waals surface area (Å²) in [7, 11) is 1.47. The molecule has 2 atom stereocenters. The molecule has 0 aliphatic carbocycles. The summed E-state index contributed by atoms with van der Waals surface area (Å²) < 4.78 is 21.6. The van der Waals surface area contributed by atoms with E-state index < -0.39 is 10.7 Å². The minimum absolute atomic E-state index is 0.0660. The van der Waals surface area contributed by atoms with Crippen LogP contribution in [0.3, 0.4) is 0 Å². The van der Waals surface area contributed by atoms with Crippen molar-refractivity contribution in [3.8, 4) is 11.4 Å². The molecule has 1 fully saturated rings. The second-order valence-electron chi connectivity index (χ2n) is 9.87. The normalized spacial score (nSPS) is 16.3. The van der Waals surface area contributed by atoms with Crippen LogP contribution in [-0.2, 0) is 4.79 Å². The van der Waals surface area contributed by atoms with E-state index in [-0.39, 0.29) is 42.3 Å². The summed E-state index contributed by atoms with van der Waals surface area (Å²) in [6, 6.07) is 17.6. The van der Waals surface area contributed by atoms with Crippen LogP contribution in [0.2, 0.25) is 0 Å². The van der Waals surface area contributed by atoms with Crippen LogP contribution in [0, 0.1) is 29.8 Å². The van der Waals surface area contributed by atoms with Gasteiger partial charge in [0.15, 0.2) is 5.11 Å². The fraction of sp³-hybridized carbons (Fsp3) is 0.233. The molecule has 1 amide bonds. The number of aromatic nitrogens is 2. The molecule has 0 radical (unpaired) electrons. The van der Waals surface area contributed by atoms with E-state index in [0.717, 1.165) is 22.6 Å². The first-order chi connectivity index (χ1) is 20.2. The zero-order valence-electron chi connectivity index (χ0n) is 23.2. The number of hydrogen-bond donors (Lipinski definition) is 2. The Hall–Kier alpha value is -4.84. The molecule has 12 heteroatoms. The van der Waals surface area contributed by atoms with Crippen molar-refractivity contribution in [2.24, 2.45) is 0 Å². The van der Waals surface area contributed by atoms with E-state index in [2.05, 4.69) is 15.6 Å². The number of ether oxygens (including phenoxy) is 1. The van der Waals surface area contributed by atoms with Gasteiger partial charge in [0.25, 0.3) is 5.69 Å². The van der Waals surface area contributed by atoms with Crippen molar-refractivity contribution >= 4 is 34.6 Å². The van der Waals surface area contributed by atoms with E-state index in [0.29, 0.717) is 16.5 Å². The predicted octanol–water partition coefficient (Wildman–Crippen LogP) is 5.55. The van der Waals surface area contributed by atoms with Gasteiger partial charge in [0.05, 0.1) is 47.3 Å². The predicted molar refractivity (Wildman–Crippen MR) is 160 cm³/mol. The molecule has 1 aliphatic rings. The number of methoxy groups -OCH3 is 1. The number of hydrogen-bond acceptors (Lipinski definition) is 6. The van der Waals surface area contributed by atoms with E-state index in [1.54, 1.807) is 24.4 Å². The Morgan fingerprint density at radius 2 is 1.93 bits per heavy atom. The summed E-state index contributed by atoms with van der Waals surface area (Å²) in [6.45, 7) is 4.17. The number of nitrogens with zero attached hydrogens (tertiary/aromatic N) is 4. The van der Waals surface area contributed by atoms with E-state index in [4.69, 9.17) is 17.0 Å². The maximum absolute atomic E-state index is 14.1. The summed E-state index contributed by atoms with van der Waals surface area (Å²) in [5.74, 6) is -0.490. The fourth-order valence-electron chi connectivity index (χ4n) is 5.40. The average molecular weight is 589 g/mol. The van der Waals surface area contributed by atoms with Crippen molar-refractivity contribution in [1.82, 2.24) is 19.8 Å². The van der Waals surface area contributed by atoms with Gasteiger partial charge >= 0.3 is 0 Å². The number of nitro groups is 1. The molecule has 42 heavy (non-hydrogen) atoms. The van der Waals surface area contributed by atoms with Crippen LogP contribution in [0.1, 0.15) is 41.1 Å². The van der Waals surface area contributed by atoms with Gasteiger partial charge < -0.3 is 24.8 Å². The average Bonchev–Trinajstić information content (AvgIpc) is 3.47. The third-order valence-electron chi connectivity index (χ3n) is 7.33. The van der Waals surface area contributed by atoms with Crippen molar-refractivity contribution in [2.75, 3.05) is 19.0 Å². The van der Waals surface area contributed by atoms with Gasteiger partial charge in [0.2, 0.25) is 5.91 Å². The lowest BCUT2D eigenvalue weighted by molar-refractivity contribution is -0.384. The highest BCUT2D eigenvalue weighted by molar-refractivity contribution is 7.80. The zero-order chi connectivity index (χ0) is 30.0. The number of nitro benzene ring substituents is 1. The summed E-state index contributed by atoms with van der Waals surface area (Å²) in [6.07, 6.45) is 1.78. The summed E-state index contributed by atoms with van der Waals surface area (Å²) in [5.41, 5.74) is 4.17. The molecule has 10 nitrogen and oxygen atoms in total. The highest BCUT2D eigenvalue weighted by Crippen LogP contribution is 2.42. The second-order valence-corrected chi connectivity index (χ2v) is 10.3. The molecule has 1 aliphatic heterocycles. The van der Waals surface area contributed by atoms with Crippen LogP contribution in [0.15, 0.2) is 72.9 Å². The van der Waals surface area contributed by atoms with Gasteiger partial charge in [-0.25, -0.2) is 4.39 Å². The van der Waals surface area contributed by atoms with E-state index in [1.165, 1.54) is 31.4 Å². The molecule has 4 aromatic rings. The van der Waals surface area contributed by atoms with Gasteiger partial charge in [0.1, 0.15) is 11.6 Å². The largest absolute Gasteiger partial charge is 0.494 e. The SMILES string of the molecule is COc1cc([N+](=O)[O-])ccc1-n1c(C)cc([C@H]2[C@H](c3ccccn3)NC(=S)N2CCC(=O)Nc2ccccc2F)c1C. The van der Waals surface area contributed by atoms with Crippen LogP contribution in [0.25, 0.3) is 5.69 Å². The number of carbonyl (C=O) groups excluding carboxylic acids is 1. The Morgan fingerprint density at radius 3 is 2.62 bits per heavy atom. The first-order valence-corrected chi connectivity index (χ1v) is 13.6. The molecule has 0 bridgehead atoms. The quantitative estimate of drug-likeness (QED) is 0.149. The summed E-state index contributed by atoms with van der Waals surface area (Å²) >= 11 is 5.76. The maximum atomic E-state index is 14.1. The van der Waals surface area contributed by atoms with E-state index in [9.17, 15) is 19.3 Å². The first-order valence-electron chi connectivity index (χ1n) is 13.2. The molecule has 0 spiro atoms. The van der Waals surface area contributed by atoms with E-state index >= 15 is 0 Å². The molecule has 2 N–H and O–H groups in total. The first kappa shape index (κ1) is 28.7. The monoisotopic (exact) mass is 588 g/mol. The lowest BCUT2D eigenvalue weighted by Crippen LogP contribution is -2.33. The number of anilines is 1. The van der Waals surface area contributed by atoms with Gasteiger partial charge in [-0.05, 0) is 68.0 Å². The van der Waals surface area contributed by atoms with Gasteiger partial charge in [-0.15, -0.1) is 0 Å². The second kappa shape index (κ2) is 12.0. The number of para-hydroxylation sites is 1. The van der Waals surface area contributed by atoms with E-state index in [1.807, 2.05) is 47.6 Å². The van der Waals surface area contributed by atoms with Crippen molar-refractivity contribution in [3.63, 3.8) is 0 Å². The number of thiocarbonyl (C=S) groups is 1. The molecule has 5 rings (SSSR count). The molecular weight excluding hydrogens is 559 g/mol. The van der Waals surface area contributed by atoms with Gasteiger partial charge in [-0.1, -0.05) is 18.2 Å². The minimum Gasteiger partial charge on any atom is -0.494 e. The molecular formula is C30H29FN6O4S. The third-order valence-corrected chi connectivity index (χ3v) is 7.68. The number of nitrogens with one attached hydrogen (secondary N) is 2. The Morgan fingerprint density at radius 1 is 1.17 bits per heavy atom. The Bertz CT molecular complexity index is 1660. The van der Waals surface area contributed by atoms with Crippen LogP contribution >= 0.6 is 12.2 Å². The van der Waals surface area contributed by atoms with Crippen LogP contribution in [-0.4, -0.2) is 44.0 Å². The van der Waals surface area contributed by atoms with Crippen molar-refractivity contribution in [3.05, 3.63) is 112 Å². The zero-order valence-corrected chi connectivity index (χ0v) is 24.0. The van der Waals surface area contributed by atoms with Gasteiger partial charge in [0, 0.05) is 36.6 Å². The topological polar surface area (TPSA) is 115 Å². The molecule has 2 aromatic carbocycles. The highest BCUT2D eigenvalue weighted by atomic mass is 32.1. The molecule has 1 saturated heterocycles. The fourth-order valence-corrected chi connectivity index (χ4v) is 5.74. The highest BCUT2D eigenvalue weighted by Gasteiger charge is 2.41. The Labute approximate surface area is 247 Å². The Kier molecular flexibility index (Phi) is 8.16. The lowest BCUT2D eigenvalue weighted by Gasteiger charge is -2.28. The van der Waals surface area contributed by atoms with Crippen LogP contribution < -0.4 is 15.4 Å². The number of aryl methyl sites for hydroxylation is 1. The molecule has 216 valence electrons. The third kappa shape index (κ3) is 5.53. The summed E-state index contributed by atoms with van der Waals surface area (Å²) in [5, 5.41) is 17.8.